The second-order valence-corrected chi connectivity index (χ2v) is 6.53. The van der Waals surface area contributed by atoms with Crippen molar-refractivity contribution < 1.29 is 0 Å². The molecule has 3 rings (SSSR count). The highest BCUT2D eigenvalue weighted by atomic mass is 15.3. The molecule has 2 saturated heterocycles. The van der Waals surface area contributed by atoms with E-state index in [0.717, 1.165) is 31.0 Å². The van der Waals surface area contributed by atoms with Crippen LogP contribution in [0.3, 0.4) is 0 Å². The fourth-order valence-electron chi connectivity index (χ4n) is 4.36. The van der Waals surface area contributed by atoms with E-state index < -0.39 is 0 Å². The smallest absolute Gasteiger partial charge is 0.0556 e. The van der Waals surface area contributed by atoms with Gasteiger partial charge in [-0.05, 0) is 58.2 Å². The molecular formula is C16H28N4. The molecule has 0 saturated carbocycles. The van der Waals surface area contributed by atoms with Gasteiger partial charge in [-0.2, -0.15) is 5.10 Å². The number of aromatic nitrogens is 2. The second-order valence-electron chi connectivity index (χ2n) is 6.53. The molecule has 1 aromatic rings. The quantitative estimate of drug-likeness (QED) is 0.896. The molecule has 2 bridgehead atoms. The summed E-state index contributed by atoms with van der Waals surface area (Å²) in [5.41, 5.74) is 1.38. The van der Waals surface area contributed by atoms with Crippen molar-refractivity contribution in [3.63, 3.8) is 0 Å². The molecule has 0 spiro atoms. The number of hydrogen-bond donors (Lipinski definition) is 1. The predicted octanol–water partition coefficient (Wildman–Crippen LogP) is 2.43. The van der Waals surface area contributed by atoms with E-state index in [9.17, 15) is 0 Å². The summed E-state index contributed by atoms with van der Waals surface area (Å²) in [7, 11) is 4.42. The summed E-state index contributed by atoms with van der Waals surface area (Å²) in [6.07, 6.45) is 8.54. The lowest BCUT2D eigenvalue weighted by Gasteiger charge is -2.39. The zero-order valence-electron chi connectivity index (χ0n) is 13.0. The molecule has 0 amide bonds. The number of nitrogens with zero attached hydrogens (tertiary/aromatic N) is 3. The summed E-state index contributed by atoms with van der Waals surface area (Å²) in [5.74, 6) is 0.751. The first kappa shape index (κ1) is 14.1. The van der Waals surface area contributed by atoms with E-state index in [2.05, 4.69) is 47.1 Å². The monoisotopic (exact) mass is 276 g/mol. The van der Waals surface area contributed by atoms with Crippen LogP contribution in [-0.2, 0) is 6.54 Å². The summed E-state index contributed by atoms with van der Waals surface area (Å²) in [6.45, 7) is 3.25. The minimum atomic E-state index is 0.459. The summed E-state index contributed by atoms with van der Waals surface area (Å²) < 4.78 is 2.20. The molecule has 1 N–H and O–H groups in total. The van der Waals surface area contributed by atoms with Gasteiger partial charge in [0.25, 0.3) is 0 Å². The predicted molar refractivity (Wildman–Crippen MR) is 81.6 cm³/mol. The van der Waals surface area contributed by atoms with Gasteiger partial charge in [-0.1, -0.05) is 6.92 Å². The molecule has 4 nitrogen and oxygen atoms in total. The van der Waals surface area contributed by atoms with Gasteiger partial charge in [-0.3, -0.25) is 4.68 Å². The van der Waals surface area contributed by atoms with Crippen LogP contribution in [0.25, 0.3) is 0 Å². The zero-order valence-corrected chi connectivity index (χ0v) is 13.0. The maximum absolute atomic E-state index is 4.50. The lowest BCUT2D eigenvalue weighted by atomic mass is 9.83. The van der Waals surface area contributed by atoms with Crippen LogP contribution < -0.4 is 5.32 Å². The molecule has 3 atom stereocenters. The summed E-state index contributed by atoms with van der Waals surface area (Å²) in [4.78, 5) is 2.62. The third-order valence-electron chi connectivity index (χ3n) is 5.42. The van der Waals surface area contributed by atoms with Crippen LogP contribution in [0.1, 0.15) is 50.8 Å². The van der Waals surface area contributed by atoms with Crippen LogP contribution in [0, 0.1) is 5.92 Å². The minimum Gasteiger partial charge on any atom is -0.311 e. The fourth-order valence-corrected chi connectivity index (χ4v) is 4.36. The molecule has 0 aromatic carbocycles. The molecule has 2 aliphatic heterocycles. The first-order valence-electron chi connectivity index (χ1n) is 8.15. The van der Waals surface area contributed by atoms with E-state index in [1.165, 1.54) is 31.4 Å². The standard InChI is InChI=1S/C16H28N4/c1-4-9-20-15(7-8-18-20)16(17-2)12-10-13-5-6-14(11-12)19(13)3/h7-8,12-14,16-17H,4-6,9-11H2,1-3H3. The van der Waals surface area contributed by atoms with Gasteiger partial charge in [-0.25, -0.2) is 0 Å². The van der Waals surface area contributed by atoms with Gasteiger partial charge in [0.15, 0.2) is 0 Å². The topological polar surface area (TPSA) is 33.1 Å². The third-order valence-corrected chi connectivity index (χ3v) is 5.42. The van der Waals surface area contributed by atoms with Gasteiger partial charge in [0, 0.05) is 24.8 Å². The summed E-state index contributed by atoms with van der Waals surface area (Å²) in [5, 5.41) is 8.08. The average Bonchev–Trinajstić information content (AvgIpc) is 2.94. The Kier molecular flexibility index (Phi) is 4.13. The van der Waals surface area contributed by atoms with Crippen LogP contribution in [-0.4, -0.2) is 40.9 Å². The van der Waals surface area contributed by atoms with E-state index >= 15 is 0 Å². The number of rotatable bonds is 5. The molecule has 1 aromatic heterocycles. The molecule has 2 fully saturated rings. The van der Waals surface area contributed by atoms with E-state index in [1.54, 1.807) is 0 Å². The van der Waals surface area contributed by atoms with Crippen LogP contribution in [0.2, 0.25) is 0 Å². The molecule has 4 heteroatoms. The first-order chi connectivity index (χ1) is 9.74. The Morgan fingerprint density at radius 2 is 2.05 bits per heavy atom. The van der Waals surface area contributed by atoms with Crippen LogP contribution in [0.4, 0.5) is 0 Å². The molecule has 0 aliphatic carbocycles. The normalized spacial score (nSPS) is 31.6. The second kappa shape index (κ2) is 5.86. The average molecular weight is 276 g/mol. The van der Waals surface area contributed by atoms with Crippen molar-refractivity contribution >= 4 is 0 Å². The minimum absolute atomic E-state index is 0.459. The van der Waals surface area contributed by atoms with E-state index in [4.69, 9.17) is 0 Å². The largest absolute Gasteiger partial charge is 0.311 e. The molecule has 3 heterocycles. The first-order valence-corrected chi connectivity index (χ1v) is 8.15. The summed E-state index contributed by atoms with van der Waals surface area (Å²) >= 11 is 0. The van der Waals surface area contributed by atoms with Gasteiger partial charge in [0.1, 0.15) is 0 Å². The molecule has 0 radical (unpaired) electrons. The van der Waals surface area contributed by atoms with Crippen molar-refractivity contribution in [3.05, 3.63) is 18.0 Å². The lowest BCUT2D eigenvalue weighted by Crippen LogP contribution is -2.43. The fraction of sp³-hybridized carbons (Fsp3) is 0.812. The molecule has 112 valence electrons. The number of hydrogen-bond acceptors (Lipinski definition) is 3. The maximum atomic E-state index is 4.50. The van der Waals surface area contributed by atoms with Gasteiger partial charge >= 0.3 is 0 Å². The highest BCUT2D eigenvalue weighted by Crippen LogP contribution is 2.42. The van der Waals surface area contributed by atoms with E-state index in [-0.39, 0.29) is 0 Å². The van der Waals surface area contributed by atoms with Gasteiger partial charge in [0.05, 0.1) is 11.7 Å². The Labute approximate surface area is 122 Å². The Morgan fingerprint density at radius 3 is 2.65 bits per heavy atom. The van der Waals surface area contributed by atoms with E-state index in [1.807, 2.05) is 6.20 Å². The number of piperidine rings is 1. The Balaban J connectivity index is 1.78. The molecule has 3 unspecified atom stereocenters. The van der Waals surface area contributed by atoms with Crippen LogP contribution in [0.15, 0.2) is 12.3 Å². The molecule has 2 aliphatic rings. The Hall–Kier alpha value is -0.870. The van der Waals surface area contributed by atoms with Gasteiger partial charge in [0.2, 0.25) is 0 Å². The van der Waals surface area contributed by atoms with Gasteiger partial charge < -0.3 is 10.2 Å². The number of fused-ring (bicyclic) bond motifs is 2. The zero-order chi connectivity index (χ0) is 14.1. The van der Waals surface area contributed by atoms with E-state index in [0.29, 0.717) is 6.04 Å². The van der Waals surface area contributed by atoms with Crippen molar-refractivity contribution in [2.75, 3.05) is 14.1 Å². The SMILES string of the molecule is CCCn1nccc1C(NC)C1CC2CCC(C1)N2C. The van der Waals surface area contributed by atoms with Crippen molar-refractivity contribution in [1.82, 2.24) is 20.0 Å². The van der Waals surface area contributed by atoms with Gasteiger partial charge in [-0.15, -0.1) is 0 Å². The lowest BCUT2D eigenvalue weighted by molar-refractivity contribution is 0.112. The van der Waals surface area contributed by atoms with Crippen molar-refractivity contribution in [2.45, 2.75) is 63.7 Å². The number of aryl methyl sites for hydroxylation is 1. The molecular weight excluding hydrogens is 248 g/mol. The highest BCUT2D eigenvalue weighted by molar-refractivity contribution is 5.11. The van der Waals surface area contributed by atoms with Crippen LogP contribution in [0.5, 0.6) is 0 Å². The van der Waals surface area contributed by atoms with Crippen molar-refractivity contribution in [3.8, 4) is 0 Å². The third kappa shape index (κ3) is 2.40. The maximum Gasteiger partial charge on any atom is 0.0556 e. The van der Waals surface area contributed by atoms with Crippen molar-refractivity contribution in [1.29, 1.82) is 0 Å². The van der Waals surface area contributed by atoms with Crippen molar-refractivity contribution in [2.24, 2.45) is 5.92 Å². The summed E-state index contributed by atoms with van der Waals surface area (Å²) in [6, 6.07) is 4.27. The Bertz CT molecular complexity index is 427. The highest BCUT2D eigenvalue weighted by Gasteiger charge is 2.41. The Morgan fingerprint density at radius 1 is 1.35 bits per heavy atom. The van der Waals surface area contributed by atoms with Crippen LogP contribution >= 0.6 is 0 Å². The molecule has 20 heavy (non-hydrogen) atoms. The number of nitrogens with one attached hydrogen (secondary N) is 1.